The molecular formula is C20H24N6O6. The van der Waals surface area contributed by atoms with Gasteiger partial charge in [-0.15, -0.1) is 0 Å². The van der Waals surface area contributed by atoms with Crippen molar-refractivity contribution in [1.29, 1.82) is 0 Å². The number of carbonyl (C=O) groups is 4. The first-order chi connectivity index (χ1) is 15.1. The van der Waals surface area contributed by atoms with Crippen LogP contribution in [0.15, 0.2) is 33.8 Å². The van der Waals surface area contributed by atoms with E-state index in [1.807, 2.05) is 0 Å². The van der Waals surface area contributed by atoms with Gasteiger partial charge in [0, 0.05) is 12.0 Å². The fourth-order valence-corrected chi connectivity index (χ4v) is 2.84. The van der Waals surface area contributed by atoms with Gasteiger partial charge in [0.1, 0.15) is 17.4 Å². The van der Waals surface area contributed by atoms with Crippen molar-refractivity contribution in [2.45, 2.75) is 32.7 Å². The molecule has 0 bridgehead atoms. The number of guanidine groups is 1. The van der Waals surface area contributed by atoms with Crippen LogP contribution in [-0.2, 0) is 9.59 Å². The number of nitrogens with one attached hydrogen (secondary N) is 2. The first kappa shape index (κ1) is 24.1. The third-order valence-corrected chi connectivity index (χ3v) is 4.39. The number of nitrogens with zero attached hydrogens (tertiary/aromatic N) is 2. The smallest absolute Gasteiger partial charge is 0.326 e. The van der Waals surface area contributed by atoms with E-state index in [4.69, 9.17) is 16.0 Å². The Morgan fingerprint density at radius 2 is 1.91 bits per heavy atom. The lowest BCUT2D eigenvalue weighted by Crippen LogP contribution is -2.41. The minimum Gasteiger partial charge on any atom is -0.480 e. The standard InChI is InChI=1S/C20H24N6O6/c1-10-16(11(2)32-26-10)18(29)25-15(19(30)31)7-6-14(27)9-23-17(28)12-4-3-5-13(8-12)24-20(21)22/h3-5,8,15H,6-7,9H2,1-2H3,(H,23,28)(H,25,29)(H,30,31)(H4,21,22,24)/t15-/m0/s1. The number of ketones is 1. The van der Waals surface area contributed by atoms with Gasteiger partial charge in [0.05, 0.1) is 17.9 Å². The number of aromatic nitrogens is 1. The van der Waals surface area contributed by atoms with Crippen LogP contribution in [0.2, 0.25) is 0 Å². The molecule has 1 aromatic heterocycles. The number of hydrogen-bond donors (Lipinski definition) is 5. The molecule has 0 aliphatic rings. The monoisotopic (exact) mass is 444 g/mol. The van der Waals surface area contributed by atoms with Gasteiger partial charge in [0.25, 0.3) is 11.8 Å². The SMILES string of the molecule is Cc1noc(C)c1C(=O)N[C@@H](CCC(=O)CNC(=O)c1cccc(N=C(N)N)c1)C(=O)O. The van der Waals surface area contributed by atoms with Crippen molar-refractivity contribution in [2.75, 3.05) is 6.54 Å². The fourth-order valence-electron chi connectivity index (χ4n) is 2.84. The van der Waals surface area contributed by atoms with Crippen LogP contribution < -0.4 is 22.1 Å². The zero-order chi connectivity index (χ0) is 23.8. The van der Waals surface area contributed by atoms with Crippen LogP contribution in [0.3, 0.4) is 0 Å². The van der Waals surface area contributed by atoms with Crippen molar-refractivity contribution >= 4 is 35.2 Å². The van der Waals surface area contributed by atoms with Gasteiger partial charge in [-0.1, -0.05) is 11.2 Å². The van der Waals surface area contributed by atoms with Crippen LogP contribution in [0, 0.1) is 13.8 Å². The van der Waals surface area contributed by atoms with Gasteiger partial charge in [-0.2, -0.15) is 0 Å². The number of benzene rings is 1. The lowest BCUT2D eigenvalue weighted by Gasteiger charge is -2.14. The molecule has 0 saturated heterocycles. The third-order valence-electron chi connectivity index (χ3n) is 4.39. The molecule has 0 aliphatic heterocycles. The highest BCUT2D eigenvalue weighted by molar-refractivity contribution is 5.99. The maximum atomic E-state index is 12.3. The first-order valence-electron chi connectivity index (χ1n) is 9.54. The molecule has 0 aliphatic carbocycles. The van der Waals surface area contributed by atoms with Crippen molar-refractivity contribution in [1.82, 2.24) is 15.8 Å². The predicted octanol–water partition coefficient (Wildman–Crippen LogP) is 0.159. The summed E-state index contributed by atoms with van der Waals surface area (Å²) in [6, 6.07) is 4.86. The van der Waals surface area contributed by atoms with E-state index in [1.165, 1.54) is 19.1 Å². The summed E-state index contributed by atoms with van der Waals surface area (Å²) in [4.78, 5) is 52.0. The topological polar surface area (TPSA) is 203 Å². The number of nitrogens with two attached hydrogens (primary N) is 2. The molecule has 0 fully saturated rings. The Morgan fingerprint density at radius 3 is 2.50 bits per heavy atom. The molecule has 0 radical (unpaired) electrons. The number of amides is 2. The van der Waals surface area contributed by atoms with Crippen LogP contribution in [0.25, 0.3) is 0 Å². The molecule has 7 N–H and O–H groups in total. The van der Waals surface area contributed by atoms with Gasteiger partial charge < -0.3 is 31.7 Å². The van der Waals surface area contributed by atoms with E-state index in [0.29, 0.717) is 11.4 Å². The van der Waals surface area contributed by atoms with Gasteiger partial charge in [-0.05, 0) is 38.5 Å². The highest BCUT2D eigenvalue weighted by Crippen LogP contribution is 2.14. The lowest BCUT2D eigenvalue weighted by atomic mass is 10.1. The zero-order valence-corrected chi connectivity index (χ0v) is 17.5. The summed E-state index contributed by atoms with van der Waals surface area (Å²) in [6.45, 7) is 2.78. The Kier molecular flexibility index (Phi) is 8.04. The van der Waals surface area contributed by atoms with Gasteiger partial charge in [0.15, 0.2) is 11.7 Å². The summed E-state index contributed by atoms with van der Waals surface area (Å²) in [5.74, 6) is -2.78. The van der Waals surface area contributed by atoms with Crippen molar-refractivity contribution < 1.29 is 28.8 Å². The Labute approximate surface area is 183 Å². The molecule has 170 valence electrons. The Bertz CT molecular complexity index is 1040. The second-order valence-electron chi connectivity index (χ2n) is 6.91. The number of carboxylic acids is 1. The number of aryl methyl sites for hydroxylation is 2. The summed E-state index contributed by atoms with van der Waals surface area (Å²) in [5.41, 5.74) is 11.7. The number of aliphatic imine (C=N–C) groups is 1. The molecule has 2 aromatic rings. The van der Waals surface area contributed by atoms with Crippen LogP contribution in [-0.4, -0.2) is 52.4 Å². The molecule has 12 heteroatoms. The van der Waals surface area contributed by atoms with E-state index in [1.54, 1.807) is 19.1 Å². The highest BCUT2D eigenvalue weighted by Gasteiger charge is 2.25. The van der Waals surface area contributed by atoms with E-state index in [2.05, 4.69) is 20.8 Å². The quantitative estimate of drug-likeness (QED) is 0.250. The minimum absolute atomic E-state index is 0.151. The normalized spacial score (nSPS) is 11.3. The number of hydrogen-bond acceptors (Lipinski definition) is 7. The number of carboxylic acid groups (broad SMARTS) is 1. The second kappa shape index (κ2) is 10.7. The van der Waals surface area contributed by atoms with E-state index in [9.17, 15) is 24.3 Å². The van der Waals surface area contributed by atoms with Crippen molar-refractivity contribution in [3.8, 4) is 0 Å². The van der Waals surface area contributed by atoms with E-state index >= 15 is 0 Å². The molecule has 2 amide bonds. The molecule has 0 spiro atoms. The third kappa shape index (κ3) is 6.65. The maximum absolute atomic E-state index is 12.3. The Morgan fingerprint density at radius 1 is 1.19 bits per heavy atom. The van der Waals surface area contributed by atoms with Gasteiger partial charge in [-0.25, -0.2) is 9.79 Å². The van der Waals surface area contributed by atoms with Crippen molar-refractivity contribution in [3.63, 3.8) is 0 Å². The second-order valence-corrected chi connectivity index (χ2v) is 6.91. The number of rotatable bonds is 10. The van der Waals surface area contributed by atoms with E-state index in [0.717, 1.165) is 0 Å². The van der Waals surface area contributed by atoms with E-state index in [-0.39, 0.29) is 42.2 Å². The van der Waals surface area contributed by atoms with Crippen LogP contribution >= 0.6 is 0 Å². The molecular weight excluding hydrogens is 420 g/mol. The van der Waals surface area contributed by atoms with Crippen LogP contribution in [0.1, 0.15) is 45.0 Å². The molecule has 1 heterocycles. The summed E-state index contributed by atoms with van der Waals surface area (Å²) in [6.07, 6.45) is -0.327. The van der Waals surface area contributed by atoms with E-state index < -0.39 is 29.6 Å². The zero-order valence-electron chi connectivity index (χ0n) is 17.5. The van der Waals surface area contributed by atoms with Crippen LogP contribution in [0.5, 0.6) is 0 Å². The maximum Gasteiger partial charge on any atom is 0.326 e. The lowest BCUT2D eigenvalue weighted by molar-refractivity contribution is -0.139. The van der Waals surface area contributed by atoms with Gasteiger partial charge >= 0.3 is 5.97 Å². The largest absolute Gasteiger partial charge is 0.480 e. The molecule has 32 heavy (non-hydrogen) atoms. The Balaban J connectivity index is 1.89. The first-order valence-corrected chi connectivity index (χ1v) is 9.54. The summed E-state index contributed by atoms with van der Waals surface area (Å²) in [7, 11) is 0. The van der Waals surface area contributed by atoms with Gasteiger partial charge in [-0.3, -0.25) is 14.4 Å². The molecule has 0 saturated carbocycles. The molecule has 12 nitrogen and oxygen atoms in total. The van der Waals surface area contributed by atoms with Crippen molar-refractivity contribution in [2.24, 2.45) is 16.5 Å². The predicted molar refractivity (Wildman–Crippen MR) is 113 cm³/mol. The molecule has 0 unspecified atom stereocenters. The van der Waals surface area contributed by atoms with Crippen molar-refractivity contribution in [3.05, 3.63) is 46.8 Å². The summed E-state index contributed by atoms with van der Waals surface area (Å²) < 4.78 is 4.90. The Hall–Kier alpha value is -4.22. The highest BCUT2D eigenvalue weighted by atomic mass is 16.5. The molecule has 2 rings (SSSR count). The number of aliphatic carboxylic acids is 1. The fraction of sp³-hybridized carbons (Fsp3) is 0.300. The number of Topliss-reactive ketones (excluding diaryl/α,β-unsaturated/α-hetero) is 1. The summed E-state index contributed by atoms with van der Waals surface area (Å²) in [5, 5.41) is 17.8. The summed E-state index contributed by atoms with van der Waals surface area (Å²) >= 11 is 0. The number of carbonyl (C=O) groups excluding carboxylic acids is 3. The van der Waals surface area contributed by atoms with Crippen LogP contribution in [0.4, 0.5) is 5.69 Å². The molecule has 1 atom stereocenters. The minimum atomic E-state index is -1.30. The molecule has 1 aromatic carbocycles. The average molecular weight is 444 g/mol. The van der Waals surface area contributed by atoms with Gasteiger partial charge in [0.2, 0.25) is 0 Å². The average Bonchev–Trinajstić information content (AvgIpc) is 3.06.